The summed E-state index contributed by atoms with van der Waals surface area (Å²) in [5, 5.41) is 2.09. The second-order valence-electron chi connectivity index (χ2n) is 4.52. The Morgan fingerprint density at radius 3 is 2.72 bits per heavy atom. The summed E-state index contributed by atoms with van der Waals surface area (Å²) < 4.78 is 0. The number of nitrogens with two attached hydrogens (primary N) is 1. The van der Waals surface area contributed by atoms with E-state index in [1.807, 2.05) is 11.6 Å². The Labute approximate surface area is 112 Å². The summed E-state index contributed by atoms with van der Waals surface area (Å²) in [5.74, 6) is 0.384. The van der Waals surface area contributed by atoms with E-state index in [1.54, 1.807) is 11.3 Å². The minimum Gasteiger partial charge on any atom is -0.330 e. The number of benzene rings is 1. The lowest BCUT2D eigenvalue weighted by molar-refractivity contribution is 0.302. The number of rotatable bonds is 6. The fourth-order valence-electron chi connectivity index (χ4n) is 2.07. The van der Waals surface area contributed by atoms with Gasteiger partial charge in [0.1, 0.15) is 0 Å². The van der Waals surface area contributed by atoms with E-state index in [0.29, 0.717) is 12.5 Å². The molecule has 1 aromatic carbocycles. The highest BCUT2D eigenvalue weighted by atomic mass is 32.1. The molecule has 18 heavy (non-hydrogen) atoms. The highest BCUT2D eigenvalue weighted by Crippen LogP contribution is 2.16. The van der Waals surface area contributed by atoms with Gasteiger partial charge in [-0.2, -0.15) is 0 Å². The summed E-state index contributed by atoms with van der Waals surface area (Å²) in [5.41, 5.74) is 10.2. The Morgan fingerprint density at radius 1 is 1.33 bits per heavy atom. The Kier molecular flexibility index (Phi) is 4.87. The Balaban J connectivity index is 1.94. The Morgan fingerprint density at radius 2 is 2.11 bits per heavy atom. The van der Waals surface area contributed by atoms with Gasteiger partial charge in [0.05, 0.1) is 11.2 Å². The molecule has 0 saturated carbocycles. The lowest BCUT2D eigenvalue weighted by Gasteiger charge is -2.22. The summed E-state index contributed by atoms with van der Waals surface area (Å²) >= 11 is 1.64. The van der Waals surface area contributed by atoms with Gasteiger partial charge in [-0.1, -0.05) is 30.3 Å². The lowest BCUT2D eigenvalue weighted by Crippen LogP contribution is -2.28. The second-order valence-corrected chi connectivity index (χ2v) is 5.24. The molecule has 1 heterocycles. The third-order valence-corrected chi connectivity index (χ3v) is 3.64. The molecule has 0 radical (unpaired) electrons. The van der Waals surface area contributed by atoms with Crippen molar-refractivity contribution in [2.75, 3.05) is 20.1 Å². The van der Waals surface area contributed by atoms with E-state index in [-0.39, 0.29) is 0 Å². The van der Waals surface area contributed by atoms with Gasteiger partial charge in [-0.25, -0.2) is 4.98 Å². The SMILES string of the molecule is CN(Cc1cscn1)CC(CN)c1ccccc1. The third-order valence-electron chi connectivity index (χ3n) is 3.00. The van der Waals surface area contributed by atoms with Crippen LogP contribution in [0.5, 0.6) is 0 Å². The van der Waals surface area contributed by atoms with E-state index >= 15 is 0 Å². The zero-order valence-corrected chi connectivity index (χ0v) is 11.4. The van der Waals surface area contributed by atoms with Crippen LogP contribution in [0.25, 0.3) is 0 Å². The minimum atomic E-state index is 0.384. The summed E-state index contributed by atoms with van der Waals surface area (Å²) in [4.78, 5) is 6.59. The fraction of sp³-hybridized carbons (Fsp3) is 0.357. The first-order valence-corrected chi connectivity index (χ1v) is 7.04. The van der Waals surface area contributed by atoms with Gasteiger partial charge in [0, 0.05) is 30.9 Å². The fourth-order valence-corrected chi connectivity index (χ4v) is 2.62. The first-order chi connectivity index (χ1) is 8.79. The average Bonchev–Trinajstić information content (AvgIpc) is 2.90. The Bertz CT molecular complexity index is 441. The van der Waals surface area contributed by atoms with Crippen LogP contribution in [-0.4, -0.2) is 30.0 Å². The molecule has 2 aromatic rings. The topological polar surface area (TPSA) is 42.2 Å². The van der Waals surface area contributed by atoms with E-state index in [1.165, 1.54) is 5.56 Å². The monoisotopic (exact) mass is 261 g/mol. The van der Waals surface area contributed by atoms with Crippen molar-refractivity contribution >= 4 is 11.3 Å². The molecule has 0 amide bonds. The van der Waals surface area contributed by atoms with Crippen molar-refractivity contribution in [1.29, 1.82) is 0 Å². The van der Waals surface area contributed by atoms with Crippen LogP contribution >= 0.6 is 11.3 Å². The molecular formula is C14H19N3S. The zero-order valence-electron chi connectivity index (χ0n) is 10.6. The van der Waals surface area contributed by atoms with Crippen LogP contribution in [0.15, 0.2) is 41.2 Å². The van der Waals surface area contributed by atoms with E-state index in [0.717, 1.165) is 18.8 Å². The number of thiazole rings is 1. The van der Waals surface area contributed by atoms with Crippen molar-refractivity contribution in [2.45, 2.75) is 12.5 Å². The van der Waals surface area contributed by atoms with Crippen LogP contribution in [-0.2, 0) is 6.54 Å². The van der Waals surface area contributed by atoms with Gasteiger partial charge in [-0.15, -0.1) is 11.3 Å². The molecule has 0 bridgehead atoms. The highest BCUT2D eigenvalue weighted by molar-refractivity contribution is 7.07. The van der Waals surface area contributed by atoms with Crippen LogP contribution in [0.1, 0.15) is 17.2 Å². The second kappa shape index (κ2) is 6.64. The van der Waals surface area contributed by atoms with Crippen molar-refractivity contribution in [2.24, 2.45) is 5.73 Å². The van der Waals surface area contributed by atoms with Gasteiger partial charge < -0.3 is 5.73 Å². The maximum Gasteiger partial charge on any atom is 0.0795 e. The lowest BCUT2D eigenvalue weighted by atomic mass is 9.99. The quantitative estimate of drug-likeness (QED) is 0.867. The van der Waals surface area contributed by atoms with Gasteiger partial charge in [0.25, 0.3) is 0 Å². The van der Waals surface area contributed by atoms with Crippen molar-refractivity contribution in [3.63, 3.8) is 0 Å². The molecule has 96 valence electrons. The Hall–Kier alpha value is -1.23. The molecule has 2 N–H and O–H groups in total. The van der Waals surface area contributed by atoms with Crippen molar-refractivity contribution < 1.29 is 0 Å². The maximum absolute atomic E-state index is 5.89. The number of nitrogens with zero attached hydrogens (tertiary/aromatic N) is 2. The predicted molar refractivity (Wildman–Crippen MR) is 76.7 cm³/mol. The van der Waals surface area contributed by atoms with Crippen molar-refractivity contribution in [1.82, 2.24) is 9.88 Å². The number of likely N-dealkylation sites (N-methyl/N-ethyl adjacent to an activating group) is 1. The van der Waals surface area contributed by atoms with E-state index in [4.69, 9.17) is 5.73 Å². The molecular weight excluding hydrogens is 242 g/mol. The van der Waals surface area contributed by atoms with Crippen LogP contribution < -0.4 is 5.73 Å². The molecule has 3 nitrogen and oxygen atoms in total. The zero-order chi connectivity index (χ0) is 12.8. The predicted octanol–water partition coefficient (Wildman–Crippen LogP) is 2.32. The molecule has 1 unspecified atom stereocenters. The van der Waals surface area contributed by atoms with Gasteiger partial charge in [0.15, 0.2) is 0 Å². The molecule has 0 aliphatic rings. The molecule has 1 atom stereocenters. The summed E-state index contributed by atoms with van der Waals surface area (Å²) in [7, 11) is 2.12. The average molecular weight is 261 g/mol. The molecule has 2 rings (SSSR count). The number of aromatic nitrogens is 1. The standard InChI is InChI=1S/C14H19N3S/c1-17(9-14-10-18-11-16-14)8-13(7-15)12-5-3-2-4-6-12/h2-6,10-11,13H,7-9,15H2,1H3. The van der Waals surface area contributed by atoms with Crippen molar-refractivity contribution in [3.8, 4) is 0 Å². The van der Waals surface area contributed by atoms with E-state index < -0.39 is 0 Å². The first-order valence-electron chi connectivity index (χ1n) is 6.10. The molecule has 0 saturated heterocycles. The van der Waals surface area contributed by atoms with Crippen LogP contribution in [0.2, 0.25) is 0 Å². The van der Waals surface area contributed by atoms with Gasteiger partial charge in [-0.05, 0) is 12.6 Å². The van der Waals surface area contributed by atoms with Crippen LogP contribution in [0, 0.1) is 0 Å². The molecule has 4 heteroatoms. The minimum absolute atomic E-state index is 0.384. The molecule has 1 aromatic heterocycles. The van der Waals surface area contributed by atoms with Crippen molar-refractivity contribution in [3.05, 3.63) is 52.5 Å². The van der Waals surface area contributed by atoms with Crippen LogP contribution in [0.4, 0.5) is 0 Å². The van der Waals surface area contributed by atoms with E-state index in [9.17, 15) is 0 Å². The third kappa shape index (κ3) is 3.63. The number of hydrogen-bond acceptors (Lipinski definition) is 4. The smallest absolute Gasteiger partial charge is 0.0795 e. The number of hydrogen-bond donors (Lipinski definition) is 1. The normalized spacial score (nSPS) is 12.8. The van der Waals surface area contributed by atoms with Gasteiger partial charge >= 0.3 is 0 Å². The van der Waals surface area contributed by atoms with Gasteiger partial charge in [-0.3, -0.25) is 4.90 Å². The largest absolute Gasteiger partial charge is 0.330 e. The summed E-state index contributed by atoms with van der Waals surface area (Å²) in [6, 6.07) is 10.5. The maximum atomic E-state index is 5.89. The molecule has 0 spiro atoms. The van der Waals surface area contributed by atoms with Crippen LogP contribution in [0.3, 0.4) is 0 Å². The summed E-state index contributed by atoms with van der Waals surface area (Å²) in [6.45, 7) is 2.51. The molecule has 0 aliphatic heterocycles. The van der Waals surface area contributed by atoms with E-state index in [2.05, 4.69) is 46.6 Å². The summed E-state index contributed by atoms with van der Waals surface area (Å²) in [6.07, 6.45) is 0. The first kappa shape index (κ1) is 13.2. The highest BCUT2D eigenvalue weighted by Gasteiger charge is 2.12. The molecule has 0 aliphatic carbocycles. The molecule has 0 fully saturated rings. The van der Waals surface area contributed by atoms with Gasteiger partial charge in [0.2, 0.25) is 0 Å².